The zero-order valence-electron chi connectivity index (χ0n) is 15.7. The minimum atomic E-state index is -0.0370. The predicted molar refractivity (Wildman–Crippen MR) is 100 cm³/mol. The molecule has 1 aromatic rings. The first kappa shape index (κ1) is 19.5. The smallest absolute Gasteiger partial charge is 0.321 e. The molecule has 0 atom stereocenters. The van der Waals surface area contributed by atoms with Crippen LogP contribution in [-0.4, -0.2) is 68.9 Å². The van der Waals surface area contributed by atoms with Crippen molar-refractivity contribution in [3.05, 3.63) is 23.8 Å². The highest BCUT2D eigenvalue weighted by Gasteiger charge is 2.19. The second-order valence-electron chi connectivity index (χ2n) is 6.37. The molecule has 0 bridgehead atoms. The van der Waals surface area contributed by atoms with Gasteiger partial charge in [-0.25, -0.2) is 4.79 Å². The predicted octanol–water partition coefficient (Wildman–Crippen LogP) is 2.97. The molecule has 1 fully saturated rings. The van der Waals surface area contributed by atoms with E-state index in [1.54, 1.807) is 7.11 Å². The van der Waals surface area contributed by atoms with Crippen LogP contribution in [0.2, 0.25) is 0 Å². The second-order valence-corrected chi connectivity index (χ2v) is 6.37. The summed E-state index contributed by atoms with van der Waals surface area (Å²) in [5.41, 5.74) is 1.85. The Morgan fingerprint density at radius 2 is 2.08 bits per heavy atom. The van der Waals surface area contributed by atoms with Crippen molar-refractivity contribution in [1.29, 1.82) is 0 Å². The fourth-order valence-electron chi connectivity index (χ4n) is 3.02. The molecule has 25 heavy (non-hydrogen) atoms. The third kappa shape index (κ3) is 6.21. The van der Waals surface area contributed by atoms with E-state index in [1.807, 2.05) is 36.9 Å². The maximum absolute atomic E-state index is 12.6. The summed E-state index contributed by atoms with van der Waals surface area (Å²) >= 11 is 0. The number of anilines is 1. The average Bonchev–Trinajstić information content (AvgIpc) is 2.84. The van der Waals surface area contributed by atoms with Crippen LogP contribution in [0.1, 0.15) is 25.3 Å². The molecule has 2 amide bonds. The molecule has 0 radical (unpaired) electrons. The summed E-state index contributed by atoms with van der Waals surface area (Å²) in [6, 6.07) is 5.75. The maximum Gasteiger partial charge on any atom is 0.321 e. The number of nitrogens with zero attached hydrogens (tertiary/aromatic N) is 2. The Morgan fingerprint density at radius 3 is 2.84 bits per heavy atom. The van der Waals surface area contributed by atoms with Gasteiger partial charge < -0.3 is 24.6 Å². The van der Waals surface area contributed by atoms with Gasteiger partial charge in [-0.15, -0.1) is 0 Å². The Balaban J connectivity index is 1.87. The van der Waals surface area contributed by atoms with Crippen LogP contribution >= 0.6 is 0 Å². The highest BCUT2D eigenvalue weighted by Crippen LogP contribution is 2.23. The van der Waals surface area contributed by atoms with Crippen molar-refractivity contribution >= 4 is 11.7 Å². The lowest BCUT2D eigenvalue weighted by Crippen LogP contribution is -2.38. The van der Waals surface area contributed by atoms with Crippen LogP contribution in [-0.2, 0) is 4.74 Å². The topological polar surface area (TPSA) is 54.0 Å². The zero-order valence-corrected chi connectivity index (χ0v) is 15.7. The van der Waals surface area contributed by atoms with Crippen molar-refractivity contribution in [2.45, 2.75) is 26.7 Å². The van der Waals surface area contributed by atoms with Gasteiger partial charge in [0.25, 0.3) is 0 Å². The molecule has 0 unspecified atom stereocenters. The highest BCUT2D eigenvalue weighted by molar-refractivity contribution is 5.89. The van der Waals surface area contributed by atoms with Crippen LogP contribution in [0.4, 0.5) is 10.5 Å². The van der Waals surface area contributed by atoms with Crippen LogP contribution in [0.25, 0.3) is 0 Å². The van der Waals surface area contributed by atoms with Gasteiger partial charge in [-0.05, 0) is 44.9 Å². The van der Waals surface area contributed by atoms with Crippen LogP contribution in [0.15, 0.2) is 18.2 Å². The van der Waals surface area contributed by atoms with Gasteiger partial charge in [0.15, 0.2) is 0 Å². The average molecular weight is 349 g/mol. The molecule has 6 heteroatoms. The van der Waals surface area contributed by atoms with Gasteiger partial charge in [0.1, 0.15) is 5.75 Å². The molecule has 140 valence electrons. The second kappa shape index (κ2) is 10.3. The van der Waals surface area contributed by atoms with Gasteiger partial charge in [0.2, 0.25) is 0 Å². The molecule has 1 aliphatic rings. The number of nitrogens with one attached hydrogen (secondary N) is 1. The molecule has 0 aliphatic carbocycles. The molecule has 1 N–H and O–H groups in total. The van der Waals surface area contributed by atoms with Gasteiger partial charge in [-0.1, -0.05) is 6.07 Å². The number of urea groups is 1. The Bertz CT molecular complexity index is 551. The maximum atomic E-state index is 12.6. The Labute approximate surface area is 151 Å². The van der Waals surface area contributed by atoms with Crippen molar-refractivity contribution in [3.63, 3.8) is 0 Å². The summed E-state index contributed by atoms with van der Waals surface area (Å²) in [6.07, 6.45) is 2.03. The van der Waals surface area contributed by atoms with E-state index in [4.69, 9.17) is 9.47 Å². The normalized spacial score (nSPS) is 15.7. The molecule has 0 spiro atoms. The lowest BCUT2D eigenvalue weighted by Gasteiger charge is -2.22. The van der Waals surface area contributed by atoms with Crippen molar-refractivity contribution < 1.29 is 14.3 Å². The molecule has 0 saturated carbocycles. The number of benzene rings is 1. The van der Waals surface area contributed by atoms with Crippen molar-refractivity contribution in [2.75, 3.05) is 58.4 Å². The number of amides is 2. The summed E-state index contributed by atoms with van der Waals surface area (Å²) in [5, 5.41) is 3.00. The number of hydrogen-bond acceptors (Lipinski definition) is 4. The van der Waals surface area contributed by atoms with Gasteiger partial charge in [-0.2, -0.15) is 0 Å². The summed E-state index contributed by atoms with van der Waals surface area (Å²) in [6.45, 7) is 9.88. The van der Waals surface area contributed by atoms with E-state index in [0.717, 1.165) is 69.2 Å². The molecule has 1 aromatic carbocycles. The largest absolute Gasteiger partial charge is 0.494 e. The standard InChI is InChI=1S/C19H31N3O3/c1-4-25-18-15-17(8-7-16(18)2)20-19(23)22-11-5-9-21(12-13-22)10-6-14-24-3/h7-8,15H,4-6,9-14H2,1-3H3,(H,20,23). The number of carbonyl (C=O) groups is 1. The fraction of sp³-hybridized carbons (Fsp3) is 0.632. The number of carbonyl (C=O) groups excluding carboxylic acids is 1. The lowest BCUT2D eigenvalue weighted by atomic mass is 10.2. The van der Waals surface area contributed by atoms with Crippen molar-refractivity contribution in [2.24, 2.45) is 0 Å². The van der Waals surface area contributed by atoms with E-state index >= 15 is 0 Å². The van der Waals surface area contributed by atoms with Gasteiger partial charge in [-0.3, -0.25) is 0 Å². The van der Waals surface area contributed by atoms with E-state index in [9.17, 15) is 4.79 Å². The molecule has 1 saturated heterocycles. The highest BCUT2D eigenvalue weighted by atomic mass is 16.5. The number of methoxy groups -OCH3 is 1. The first-order valence-corrected chi connectivity index (χ1v) is 9.14. The molecular formula is C19H31N3O3. The van der Waals surface area contributed by atoms with Gasteiger partial charge in [0, 0.05) is 51.6 Å². The molecule has 2 rings (SSSR count). The van der Waals surface area contributed by atoms with Crippen LogP contribution in [0.5, 0.6) is 5.75 Å². The lowest BCUT2D eigenvalue weighted by molar-refractivity contribution is 0.172. The van der Waals surface area contributed by atoms with Gasteiger partial charge >= 0.3 is 6.03 Å². The quantitative estimate of drug-likeness (QED) is 0.769. The van der Waals surface area contributed by atoms with Crippen LogP contribution in [0, 0.1) is 6.92 Å². The molecule has 6 nitrogen and oxygen atoms in total. The first-order valence-electron chi connectivity index (χ1n) is 9.14. The third-order valence-electron chi connectivity index (χ3n) is 4.44. The number of hydrogen-bond donors (Lipinski definition) is 1. The van der Waals surface area contributed by atoms with Crippen LogP contribution in [0.3, 0.4) is 0 Å². The SMILES string of the molecule is CCOc1cc(NC(=O)N2CCCN(CCCOC)CC2)ccc1C. The van der Waals surface area contributed by atoms with Crippen molar-refractivity contribution in [3.8, 4) is 5.75 Å². The monoisotopic (exact) mass is 349 g/mol. The summed E-state index contributed by atoms with van der Waals surface area (Å²) in [4.78, 5) is 16.9. The molecular weight excluding hydrogens is 318 g/mol. The van der Waals surface area contributed by atoms with E-state index < -0.39 is 0 Å². The minimum absolute atomic E-state index is 0.0370. The Hall–Kier alpha value is -1.79. The van der Waals surface area contributed by atoms with Crippen LogP contribution < -0.4 is 10.1 Å². The van der Waals surface area contributed by atoms with E-state index in [-0.39, 0.29) is 6.03 Å². The summed E-state index contributed by atoms with van der Waals surface area (Å²) in [7, 11) is 1.73. The van der Waals surface area contributed by atoms with E-state index in [2.05, 4.69) is 10.2 Å². The Kier molecular flexibility index (Phi) is 8.01. The van der Waals surface area contributed by atoms with Gasteiger partial charge in [0.05, 0.1) is 6.61 Å². The zero-order chi connectivity index (χ0) is 18.1. The third-order valence-corrected chi connectivity index (χ3v) is 4.44. The Morgan fingerprint density at radius 1 is 1.24 bits per heavy atom. The number of rotatable bonds is 7. The molecule has 0 aromatic heterocycles. The summed E-state index contributed by atoms with van der Waals surface area (Å²) in [5.74, 6) is 0.820. The molecule has 1 aliphatic heterocycles. The fourth-order valence-corrected chi connectivity index (χ4v) is 3.02. The minimum Gasteiger partial charge on any atom is -0.494 e. The summed E-state index contributed by atoms with van der Waals surface area (Å²) < 4.78 is 10.7. The van der Waals surface area contributed by atoms with E-state index in [1.165, 1.54) is 0 Å². The van der Waals surface area contributed by atoms with E-state index in [0.29, 0.717) is 6.61 Å². The number of aryl methyl sites for hydroxylation is 1. The number of ether oxygens (including phenoxy) is 2. The first-order chi connectivity index (χ1) is 12.1. The van der Waals surface area contributed by atoms with Crippen molar-refractivity contribution in [1.82, 2.24) is 9.80 Å². The molecule has 1 heterocycles.